The number of halogens is 5. The zero-order valence-electron chi connectivity index (χ0n) is 11.4. The van der Waals surface area contributed by atoms with Gasteiger partial charge in [-0.1, -0.05) is 0 Å². The Morgan fingerprint density at radius 3 is 2.38 bits per heavy atom. The highest BCUT2D eigenvalue weighted by atomic mass is 35.5. The van der Waals surface area contributed by atoms with E-state index in [1.54, 1.807) is 0 Å². The lowest BCUT2D eigenvalue weighted by molar-refractivity contribution is -0.188. The van der Waals surface area contributed by atoms with Gasteiger partial charge in [-0.25, -0.2) is 4.39 Å². The second-order valence-electron chi connectivity index (χ2n) is 4.62. The maximum absolute atomic E-state index is 13.8. The van der Waals surface area contributed by atoms with E-state index >= 15 is 0 Å². The molecular weight excluding hydrogens is 312 g/mol. The predicted molar refractivity (Wildman–Crippen MR) is 73.4 cm³/mol. The smallest absolute Gasteiger partial charge is 0.408 e. The molecule has 0 spiro atoms. The van der Waals surface area contributed by atoms with Gasteiger partial charge in [0.1, 0.15) is 17.6 Å². The van der Waals surface area contributed by atoms with Gasteiger partial charge in [-0.05, 0) is 18.2 Å². The van der Waals surface area contributed by atoms with Crippen LogP contribution in [0.5, 0.6) is 5.75 Å². The first-order valence-corrected chi connectivity index (χ1v) is 6.28. The fourth-order valence-corrected chi connectivity index (χ4v) is 2.38. The number of methoxy groups -OCH3 is 1. The standard InChI is InChI=1S/C13H16F4N2O.ClH/c1-20-9-2-3-11(14)10(8-9)12(13(15,16)17)19-6-4-18-5-7-19;/h2-3,8,12,18H,4-7H2,1H3;1H/t12-;/m0./s1. The summed E-state index contributed by atoms with van der Waals surface area (Å²) >= 11 is 0. The Balaban J connectivity index is 0.00000220. The summed E-state index contributed by atoms with van der Waals surface area (Å²) in [6, 6.07) is 1.49. The molecular formula is C13H17ClF4N2O. The van der Waals surface area contributed by atoms with Crippen LogP contribution in [-0.4, -0.2) is 44.4 Å². The third-order valence-corrected chi connectivity index (χ3v) is 3.32. The molecule has 0 unspecified atom stereocenters. The highest BCUT2D eigenvalue weighted by Gasteiger charge is 2.46. The normalized spacial score (nSPS) is 18.0. The van der Waals surface area contributed by atoms with E-state index in [4.69, 9.17) is 4.74 Å². The van der Waals surface area contributed by atoms with E-state index in [1.165, 1.54) is 18.1 Å². The van der Waals surface area contributed by atoms with Crippen molar-refractivity contribution in [2.45, 2.75) is 12.2 Å². The van der Waals surface area contributed by atoms with Crippen molar-refractivity contribution >= 4 is 12.4 Å². The molecule has 21 heavy (non-hydrogen) atoms. The summed E-state index contributed by atoms with van der Waals surface area (Å²) in [7, 11) is 1.34. The molecule has 120 valence electrons. The number of benzene rings is 1. The molecule has 0 aromatic heterocycles. The Labute approximate surface area is 126 Å². The molecule has 8 heteroatoms. The van der Waals surface area contributed by atoms with E-state index in [2.05, 4.69) is 5.32 Å². The number of alkyl halides is 3. The van der Waals surface area contributed by atoms with Gasteiger partial charge in [0, 0.05) is 31.7 Å². The molecule has 0 radical (unpaired) electrons. The van der Waals surface area contributed by atoms with Crippen LogP contribution in [0.3, 0.4) is 0 Å². The van der Waals surface area contributed by atoms with Gasteiger partial charge in [0.15, 0.2) is 0 Å². The van der Waals surface area contributed by atoms with Crippen molar-refractivity contribution < 1.29 is 22.3 Å². The Morgan fingerprint density at radius 1 is 1.24 bits per heavy atom. The number of nitrogens with one attached hydrogen (secondary N) is 1. The van der Waals surface area contributed by atoms with Crippen LogP contribution >= 0.6 is 12.4 Å². The number of nitrogens with zero attached hydrogens (tertiary/aromatic N) is 1. The molecule has 1 N–H and O–H groups in total. The molecule has 3 nitrogen and oxygen atoms in total. The summed E-state index contributed by atoms with van der Waals surface area (Å²) in [6.07, 6.45) is -4.54. The van der Waals surface area contributed by atoms with Crippen molar-refractivity contribution in [3.8, 4) is 5.75 Å². The summed E-state index contributed by atoms with van der Waals surface area (Å²) in [4.78, 5) is 1.24. The largest absolute Gasteiger partial charge is 0.497 e. The van der Waals surface area contributed by atoms with Gasteiger partial charge < -0.3 is 10.1 Å². The SMILES string of the molecule is COc1ccc(F)c([C@H](N2CCNCC2)C(F)(F)F)c1.Cl. The van der Waals surface area contributed by atoms with E-state index in [-0.39, 0.29) is 31.2 Å². The van der Waals surface area contributed by atoms with Crippen molar-refractivity contribution in [1.82, 2.24) is 10.2 Å². The number of ether oxygens (including phenoxy) is 1. The topological polar surface area (TPSA) is 24.5 Å². The summed E-state index contributed by atoms with van der Waals surface area (Å²) in [5.74, 6) is -0.655. The molecule has 0 amide bonds. The fourth-order valence-electron chi connectivity index (χ4n) is 2.38. The van der Waals surface area contributed by atoms with Crippen LogP contribution in [0.4, 0.5) is 17.6 Å². The monoisotopic (exact) mass is 328 g/mol. The molecule has 1 atom stereocenters. The molecule has 1 fully saturated rings. The van der Waals surface area contributed by atoms with Gasteiger partial charge in [-0.15, -0.1) is 12.4 Å². The number of rotatable bonds is 3. The Morgan fingerprint density at radius 2 is 1.86 bits per heavy atom. The maximum atomic E-state index is 13.8. The number of hydrogen-bond acceptors (Lipinski definition) is 3. The van der Waals surface area contributed by atoms with Gasteiger partial charge >= 0.3 is 6.18 Å². The van der Waals surface area contributed by atoms with E-state index in [0.717, 1.165) is 12.1 Å². The lowest BCUT2D eigenvalue weighted by atomic mass is 10.0. The molecule has 1 aliphatic rings. The lowest BCUT2D eigenvalue weighted by Gasteiger charge is -2.36. The third kappa shape index (κ3) is 4.21. The minimum absolute atomic E-state index is 0. The molecule has 1 saturated heterocycles. The Hall–Kier alpha value is -1.05. The molecule has 0 bridgehead atoms. The van der Waals surface area contributed by atoms with Crippen molar-refractivity contribution in [2.24, 2.45) is 0 Å². The summed E-state index contributed by atoms with van der Waals surface area (Å²) in [6.45, 7) is 1.36. The number of hydrogen-bond donors (Lipinski definition) is 1. The van der Waals surface area contributed by atoms with Crippen molar-refractivity contribution in [3.05, 3.63) is 29.6 Å². The van der Waals surface area contributed by atoms with Crippen LogP contribution in [0.1, 0.15) is 11.6 Å². The first kappa shape index (κ1) is 18.0. The van der Waals surface area contributed by atoms with Crippen LogP contribution in [0.25, 0.3) is 0 Å². The molecule has 2 rings (SSSR count). The Bertz CT molecular complexity index is 464. The van der Waals surface area contributed by atoms with E-state index in [1.807, 2.05) is 0 Å². The second kappa shape index (κ2) is 7.29. The lowest BCUT2D eigenvalue weighted by Crippen LogP contribution is -2.49. The van der Waals surface area contributed by atoms with Crippen molar-refractivity contribution in [2.75, 3.05) is 33.3 Å². The van der Waals surface area contributed by atoms with Crippen LogP contribution in [0.2, 0.25) is 0 Å². The predicted octanol–water partition coefficient (Wildman–Crippen LogP) is 2.76. The van der Waals surface area contributed by atoms with Crippen LogP contribution in [-0.2, 0) is 0 Å². The fraction of sp³-hybridized carbons (Fsp3) is 0.538. The quantitative estimate of drug-likeness (QED) is 0.864. The van der Waals surface area contributed by atoms with Gasteiger partial charge in [0.25, 0.3) is 0 Å². The van der Waals surface area contributed by atoms with Gasteiger partial charge in [0.05, 0.1) is 7.11 Å². The first-order chi connectivity index (χ1) is 9.43. The third-order valence-electron chi connectivity index (χ3n) is 3.32. The van der Waals surface area contributed by atoms with Gasteiger partial charge in [-0.3, -0.25) is 4.90 Å². The van der Waals surface area contributed by atoms with Gasteiger partial charge in [-0.2, -0.15) is 13.2 Å². The minimum atomic E-state index is -4.54. The van der Waals surface area contributed by atoms with Gasteiger partial charge in [0.2, 0.25) is 0 Å². The molecule has 1 aliphatic heterocycles. The second-order valence-corrected chi connectivity index (χ2v) is 4.62. The average Bonchev–Trinajstić information content (AvgIpc) is 2.41. The highest BCUT2D eigenvalue weighted by molar-refractivity contribution is 5.85. The Kier molecular flexibility index (Phi) is 6.24. The summed E-state index contributed by atoms with van der Waals surface area (Å²) < 4.78 is 58.7. The maximum Gasteiger partial charge on any atom is 0.408 e. The average molecular weight is 329 g/mol. The highest BCUT2D eigenvalue weighted by Crippen LogP contribution is 2.39. The van der Waals surface area contributed by atoms with Crippen molar-refractivity contribution in [3.63, 3.8) is 0 Å². The molecule has 1 aromatic rings. The van der Waals surface area contributed by atoms with Crippen LogP contribution < -0.4 is 10.1 Å². The van der Waals surface area contributed by atoms with E-state index in [9.17, 15) is 17.6 Å². The molecule has 0 aliphatic carbocycles. The summed E-state index contributed by atoms with van der Waals surface area (Å²) in [5, 5.41) is 2.98. The van der Waals surface area contributed by atoms with Crippen LogP contribution in [0, 0.1) is 5.82 Å². The van der Waals surface area contributed by atoms with E-state index < -0.39 is 23.6 Å². The zero-order valence-corrected chi connectivity index (χ0v) is 12.2. The van der Waals surface area contributed by atoms with Crippen LogP contribution in [0.15, 0.2) is 18.2 Å². The molecule has 1 aromatic carbocycles. The first-order valence-electron chi connectivity index (χ1n) is 6.28. The zero-order chi connectivity index (χ0) is 14.8. The number of piperazine rings is 1. The van der Waals surface area contributed by atoms with E-state index in [0.29, 0.717) is 13.1 Å². The summed E-state index contributed by atoms with van der Waals surface area (Å²) in [5.41, 5.74) is -0.390. The van der Waals surface area contributed by atoms with Crippen molar-refractivity contribution in [1.29, 1.82) is 0 Å². The molecule has 1 heterocycles. The minimum Gasteiger partial charge on any atom is -0.497 e. The molecule has 0 saturated carbocycles.